The molecule has 2 nitrogen and oxygen atoms in total. The fourth-order valence-corrected chi connectivity index (χ4v) is 7.07. The molecule has 0 saturated carbocycles. The molecule has 0 spiro atoms. The summed E-state index contributed by atoms with van der Waals surface area (Å²) in [7, 11) is 0. The largest absolute Gasteiger partial charge is 0.384 e. The molecule has 2 aromatic rings. The van der Waals surface area contributed by atoms with Crippen LogP contribution in [0.1, 0.15) is 141 Å². The number of unbranched alkanes of at least 4 members (excludes halogenated alkanes) is 14. The molecule has 3 rings (SSSR count). The van der Waals surface area contributed by atoms with Crippen molar-refractivity contribution in [2.45, 2.75) is 135 Å². The zero-order valence-corrected chi connectivity index (χ0v) is 27.8. The van der Waals surface area contributed by atoms with E-state index in [2.05, 4.69) is 60.9 Å². The van der Waals surface area contributed by atoms with Crippen LogP contribution in [0.2, 0.25) is 0 Å². The van der Waals surface area contributed by atoms with Crippen molar-refractivity contribution >= 4 is 34.6 Å². The van der Waals surface area contributed by atoms with Gasteiger partial charge in [0.15, 0.2) is 0 Å². The van der Waals surface area contributed by atoms with Crippen molar-refractivity contribution in [3.63, 3.8) is 0 Å². The first kappa shape index (κ1) is 34.1. The molecule has 41 heavy (non-hydrogen) atoms. The molecule has 0 unspecified atom stereocenters. The van der Waals surface area contributed by atoms with E-state index in [-0.39, 0.29) is 5.41 Å². The maximum Gasteiger partial charge on any atom is 0.0396 e. The molecular weight excluding hydrogens is 543 g/mol. The van der Waals surface area contributed by atoms with Crippen LogP contribution in [0.25, 0.3) is 11.1 Å². The molecule has 1 aliphatic carbocycles. The third-order valence-electron chi connectivity index (χ3n) is 9.12. The molecule has 1 aliphatic rings. The topological polar surface area (TPSA) is 24.1 Å². The SMILES string of the molecule is CCCCCCCCCCC1(CCCCCCCCCC)c2cc(NCCCl)ccc2-c2ccc(NCCCl)cc21. The van der Waals surface area contributed by atoms with Gasteiger partial charge in [0.1, 0.15) is 0 Å². The van der Waals surface area contributed by atoms with Crippen molar-refractivity contribution in [1.82, 2.24) is 0 Å². The lowest BCUT2D eigenvalue weighted by Crippen LogP contribution is -2.26. The number of halogens is 2. The summed E-state index contributed by atoms with van der Waals surface area (Å²) in [6, 6.07) is 14.1. The molecule has 0 heterocycles. The highest BCUT2D eigenvalue weighted by molar-refractivity contribution is 6.18. The average molecular weight is 602 g/mol. The Balaban J connectivity index is 1.84. The van der Waals surface area contributed by atoms with E-state index >= 15 is 0 Å². The molecular formula is C37H58Cl2N2. The van der Waals surface area contributed by atoms with Crippen molar-refractivity contribution in [2.75, 3.05) is 35.5 Å². The lowest BCUT2D eigenvalue weighted by molar-refractivity contribution is 0.397. The van der Waals surface area contributed by atoms with Crippen molar-refractivity contribution in [2.24, 2.45) is 0 Å². The molecule has 0 saturated heterocycles. The number of nitrogens with one attached hydrogen (secondary N) is 2. The van der Waals surface area contributed by atoms with Crippen LogP contribution in [0.15, 0.2) is 36.4 Å². The predicted molar refractivity (Wildman–Crippen MR) is 186 cm³/mol. The molecule has 0 aromatic heterocycles. The fraction of sp³-hybridized carbons (Fsp3) is 0.676. The molecule has 0 fully saturated rings. The highest BCUT2D eigenvalue weighted by atomic mass is 35.5. The molecule has 0 atom stereocenters. The molecule has 2 aromatic carbocycles. The number of benzene rings is 2. The van der Waals surface area contributed by atoms with Crippen molar-refractivity contribution in [1.29, 1.82) is 0 Å². The minimum atomic E-state index is 0.0758. The first-order chi connectivity index (χ1) is 20.2. The lowest BCUT2D eigenvalue weighted by Gasteiger charge is -2.33. The van der Waals surface area contributed by atoms with E-state index < -0.39 is 0 Å². The first-order valence-electron chi connectivity index (χ1n) is 17.1. The summed E-state index contributed by atoms with van der Waals surface area (Å²) >= 11 is 12.1. The number of alkyl halides is 2. The molecule has 0 aliphatic heterocycles. The third kappa shape index (κ3) is 10.4. The Morgan fingerprint density at radius 1 is 0.512 bits per heavy atom. The zero-order chi connectivity index (χ0) is 29.2. The molecule has 2 N–H and O–H groups in total. The van der Waals surface area contributed by atoms with Gasteiger partial charge in [-0.25, -0.2) is 0 Å². The second-order valence-corrected chi connectivity index (χ2v) is 13.0. The van der Waals surface area contributed by atoms with Crippen LogP contribution in [0.5, 0.6) is 0 Å². The van der Waals surface area contributed by atoms with Gasteiger partial charge in [0, 0.05) is 41.6 Å². The van der Waals surface area contributed by atoms with E-state index in [4.69, 9.17) is 23.2 Å². The Morgan fingerprint density at radius 3 is 1.24 bits per heavy atom. The lowest BCUT2D eigenvalue weighted by atomic mass is 9.70. The minimum Gasteiger partial charge on any atom is -0.384 e. The molecule has 4 heteroatoms. The van der Waals surface area contributed by atoms with E-state index in [0.717, 1.165) is 13.1 Å². The van der Waals surface area contributed by atoms with Gasteiger partial charge in [-0.15, -0.1) is 23.2 Å². The number of anilines is 2. The molecule has 230 valence electrons. The average Bonchev–Trinajstić information content (AvgIpc) is 3.26. The normalized spacial score (nSPS) is 13.3. The summed E-state index contributed by atoms with van der Waals surface area (Å²) in [5, 5.41) is 7.14. The maximum atomic E-state index is 6.05. The summed E-state index contributed by atoms with van der Waals surface area (Å²) in [6.07, 6.45) is 24.2. The maximum absolute atomic E-state index is 6.05. The molecule has 0 amide bonds. The van der Waals surface area contributed by atoms with Gasteiger partial charge >= 0.3 is 0 Å². The smallest absolute Gasteiger partial charge is 0.0396 e. The number of rotatable bonds is 24. The van der Waals surface area contributed by atoms with Gasteiger partial charge in [0.2, 0.25) is 0 Å². The van der Waals surface area contributed by atoms with Crippen LogP contribution in [0, 0.1) is 0 Å². The number of fused-ring (bicyclic) bond motifs is 3. The quantitative estimate of drug-likeness (QED) is 0.0924. The number of hydrogen-bond donors (Lipinski definition) is 2. The van der Waals surface area contributed by atoms with Crippen LogP contribution >= 0.6 is 23.2 Å². The van der Waals surface area contributed by atoms with Crippen molar-refractivity contribution in [3.8, 4) is 11.1 Å². The van der Waals surface area contributed by atoms with E-state index in [0.29, 0.717) is 11.8 Å². The van der Waals surface area contributed by atoms with Crippen LogP contribution in [0.3, 0.4) is 0 Å². The Morgan fingerprint density at radius 2 is 0.878 bits per heavy atom. The summed E-state index contributed by atoms with van der Waals surface area (Å²) < 4.78 is 0. The fourth-order valence-electron chi connectivity index (χ4n) is 6.88. The van der Waals surface area contributed by atoms with Gasteiger partial charge < -0.3 is 10.6 Å². The standard InChI is InChI=1S/C37H58Cl2N2/c1-3-5-7-9-11-13-15-17-23-37(24-18-16-14-12-10-8-6-4-2)35-29-31(40-27-25-38)19-21-33(35)34-22-20-32(30-36(34)37)41-28-26-39/h19-22,29-30,40-41H,3-18,23-28H2,1-2H3. The summed E-state index contributed by atoms with van der Waals surface area (Å²) in [5.74, 6) is 1.24. The van der Waals surface area contributed by atoms with Gasteiger partial charge in [-0.3, -0.25) is 0 Å². The Hall–Kier alpha value is -1.38. The van der Waals surface area contributed by atoms with Gasteiger partial charge in [-0.1, -0.05) is 129 Å². The molecule has 0 bridgehead atoms. The van der Waals surface area contributed by atoms with Gasteiger partial charge in [0.25, 0.3) is 0 Å². The Labute approximate surface area is 262 Å². The van der Waals surface area contributed by atoms with Crippen LogP contribution in [-0.2, 0) is 5.41 Å². The van der Waals surface area contributed by atoms with E-state index in [9.17, 15) is 0 Å². The second-order valence-electron chi connectivity index (χ2n) is 12.3. The van der Waals surface area contributed by atoms with Crippen molar-refractivity contribution < 1.29 is 0 Å². The minimum absolute atomic E-state index is 0.0758. The Kier molecular flexibility index (Phi) is 16.4. The van der Waals surface area contributed by atoms with E-state index in [1.807, 2.05) is 0 Å². The van der Waals surface area contributed by atoms with Gasteiger partial charge in [-0.05, 0) is 59.4 Å². The van der Waals surface area contributed by atoms with Crippen LogP contribution in [0.4, 0.5) is 11.4 Å². The van der Waals surface area contributed by atoms with Gasteiger partial charge in [0.05, 0.1) is 0 Å². The summed E-state index contributed by atoms with van der Waals surface area (Å²) in [6.45, 7) is 6.19. The van der Waals surface area contributed by atoms with E-state index in [1.54, 1.807) is 0 Å². The highest BCUT2D eigenvalue weighted by Crippen LogP contribution is 2.55. The number of hydrogen-bond acceptors (Lipinski definition) is 2. The van der Waals surface area contributed by atoms with Crippen LogP contribution < -0.4 is 10.6 Å². The summed E-state index contributed by atoms with van der Waals surface area (Å²) in [5.41, 5.74) is 8.41. The Bertz CT molecular complexity index is 909. The van der Waals surface area contributed by atoms with Crippen molar-refractivity contribution in [3.05, 3.63) is 47.5 Å². The van der Waals surface area contributed by atoms with Gasteiger partial charge in [-0.2, -0.15) is 0 Å². The highest BCUT2D eigenvalue weighted by Gasteiger charge is 2.42. The third-order valence-corrected chi connectivity index (χ3v) is 9.50. The monoisotopic (exact) mass is 600 g/mol. The second kappa shape index (κ2) is 19.7. The zero-order valence-electron chi connectivity index (χ0n) is 26.3. The van der Waals surface area contributed by atoms with E-state index in [1.165, 1.54) is 149 Å². The first-order valence-corrected chi connectivity index (χ1v) is 18.2. The molecule has 0 radical (unpaired) electrons. The summed E-state index contributed by atoms with van der Waals surface area (Å²) in [4.78, 5) is 0. The predicted octanol–water partition coefficient (Wildman–Crippen LogP) is 12.3. The van der Waals surface area contributed by atoms with Crippen LogP contribution in [-0.4, -0.2) is 24.8 Å².